The fourth-order valence-electron chi connectivity index (χ4n) is 3.32. The second kappa shape index (κ2) is 6.56. The minimum atomic E-state index is -0.153. The second-order valence-electron chi connectivity index (χ2n) is 6.38. The van der Waals surface area contributed by atoms with Crippen LogP contribution < -0.4 is 0 Å². The third-order valence-electron chi connectivity index (χ3n) is 5.03. The number of aryl methyl sites for hydroxylation is 2. The van der Waals surface area contributed by atoms with E-state index in [4.69, 9.17) is 0 Å². The van der Waals surface area contributed by atoms with Crippen LogP contribution in [0, 0.1) is 25.7 Å². The fraction of sp³-hybridized carbons (Fsp3) is 0.667. The molecule has 1 aliphatic rings. The average molecular weight is 260 g/mol. The molecule has 1 aromatic carbocycles. The molecule has 19 heavy (non-hydrogen) atoms. The first-order valence-electron chi connectivity index (χ1n) is 7.84. The van der Waals surface area contributed by atoms with Gasteiger partial charge in [0, 0.05) is 0 Å². The summed E-state index contributed by atoms with van der Waals surface area (Å²) in [6.45, 7) is 6.58. The normalized spacial score (nSPS) is 25.3. The highest BCUT2D eigenvalue weighted by molar-refractivity contribution is 5.30. The van der Waals surface area contributed by atoms with Gasteiger partial charge in [-0.2, -0.15) is 0 Å². The highest BCUT2D eigenvalue weighted by Gasteiger charge is 2.25. The SMILES string of the molecule is CCC1CCC(C(O)Cc2ccc(C)c(C)c2)CC1. The van der Waals surface area contributed by atoms with Crippen LogP contribution in [0.15, 0.2) is 18.2 Å². The summed E-state index contributed by atoms with van der Waals surface area (Å²) >= 11 is 0. The summed E-state index contributed by atoms with van der Waals surface area (Å²) < 4.78 is 0. The summed E-state index contributed by atoms with van der Waals surface area (Å²) in [6.07, 6.45) is 7.02. The van der Waals surface area contributed by atoms with Crippen molar-refractivity contribution < 1.29 is 5.11 Å². The molecule has 1 atom stereocenters. The van der Waals surface area contributed by atoms with Crippen LogP contribution in [0.2, 0.25) is 0 Å². The summed E-state index contributed by atoms with van der Waals surface area (Å²) in [5, 5.41) is 10.4. The highest BCUT2D eigenvalue weighted by Crippen LogP contribution is 2.33. The van der Waals surface area contributed by atoms with Crippen LogP contribution in [0.25, 0.3) is 0 Å². The van der Waals surface area contributed by atoms with Gasteiger partial charge in [-0.05, 0) is 61.6 Å². The zero-order valence-electron chi connectivity index (χ0n) is 12.7. The Balaban J connectivity index is 1.90. The Kier molecular flexibility index (Phi) is 5.04. The Morgan fingerprint density at radius 3 is 2.37 bits per heavy atom. The molecule has 0 bridgehead atoms. The molecule has 1 unspecified atom stereocenters. The molecular formula is C18H28O. The van der Waals surface area contributed by atoms with E-state index in [9.17, 15) is 5.11 Å². The van der Waals surface area contributed by atoms with Crippen molar-refractivity contribution in [3.63, 3.8) is 0 Å². The van der Waals surface area contributed by atoms with Gasteiger partial charge in [0.2, 0.25) is 0 Å². The predicted octanol–water partition coefficient (Wildman–Crippen LogP) is 4.42. The van der Waals surface area contributed by atoms with E-state index in [0.29, 0.717) is 5.92 Å². The average Bonchev–Trinajstić information content (AvgIpc) is 2.43. The van der Waals surface area contributed by atoms with Crippen molar-refractivity contribution in [3.8, 4) is 0 Å². The number of benzene rings is 1. The van der Waals surface area contributed by atoms with Crippen LogP contribution in [0.4, 0.5) is 0 Å². The van der Waals surface area contributed by atoms with Gasteiger partial charge in [0.05, 0.1) is 6.10 Å². The molecule has 0 heterocycles. The van der Waals surface area contributed by atoms with Gasteiger partial charge in [0.1, 0.15) is 0 Å². The molecule has 0 saturated heterocycles. The fourth-order valence-corrected chi connectivity index (χ4v) is 3.32. The lowest BCUT2D eigenvalue weighted by molar-refractivity contribution is 0.0735. The largest absolute Gasteiger partial charge is 0.392 e. The number of hydrogen-bond donors (Lipinski definition) is 1. The molecule has 0 aromatic heterocycles. The molecule has 0 radical (unpaired) electrons. The smallest absolute Gasteiger partial charge is 0.0608 e. The van der Waals surface area contributed by atoms with Crippen LogP contribution in [0.3, 0.4) is 0 Å². The molecule has 0 amide bonds. The van der Waals surface area contributed by atoms with Crippen molar-refractivity contribution in [2.45, 2.75) is 65.4 Å². The van der Waals surface area contributed by atoms with Crippen LogP contribution in [0.5, 0.6) is 0 Å². The van der Waals surface area contributed by atoms with E-state index in [1.54, 1.807) is 0 Å². The van der Waals surface area contributed by atoms with Gasteiger partial charge in [-0.1, -0.05) is 44.4 Å². The molecule has 1 saturated carbocycles. The van der Waals surface area contributed by atoms with Crippen molar-refractivity contribution >= 4 is 0 Å². The van der Waals surface area contributed by atoms with E-state index in [0.717, 1.165) is 12.3 Å². The molecule has 2 rings (SSSR count). The Bertz CT molecular complexity index is 402. The summed E-state index contributed by atoms with van der Waals surface area (Å²) in [5.74, 6) is 1.43. The minimum Gasteiger partial charge on any atom is -0.392 e. The molecule has 0 spiro atoms. The minimum absolute atomic E-state index is 0.153. The molecule has 106 valence electrons. The first-order valence-corrected chi connectivity index (χ1v) is 7.84. The lowest BCUT2D eigenvalue weighted by Gasteiger charge is -2.31. The number of aliphatic hydroxyl groups excluding tert-OH is 1. The van der Waals surface area contributed by atoms with E-state index in [-0.39, 0.29) is 6.10 Å². The molecule has 1 nitrogen and oxygen atoms in total. The zero-order chi connectivity index (χ0) is 13.8. The molecular weight excluding hydrogens is 232 g/mol. The van der Waals surface area contributed by atoms with E-state index in [1.165, 1.54) is 48.8 Å². The number of aliphatic hydroxyl groups is 1. The number of hydrogen-bond acceptors (Lipinski definition) is 1. The van der Waals surface area contributed by atoms with Crippen LogP contribution >= 0.6 is 0 Å². The van der Waals surface area contributed by atoms with Crippen molar-refractivity contribution in [3.05, 3.63) is 34.9 Å². The maximum absolute atomic E-state index is 10.4. The Morgan fingerprint density at radius 2 is 1.79 bits per heavy atom. The van der Waals surface area contributed by atoms with Crippen molar-refractivity contribution in [2.75, 3.05) is 0 Å². The topological polar surface area (TPSA) is 20.2 Å². The first-order chi connectivity index (χ1) is 9.10. The van der Waals surface area contributed by atoms with Gasteiger partial charge in [-0.25, -0.2) is 0 Å². The Labute approximate surface area is 118 Å². The van der Waals surface area contributed by atoms with E-state index >= 15 is 0 Å². The molecule has 1 aromatic rings. The van der Waals surface area contributed by atoms with Gasteiger partial charge in [-0.15, -0.1) is 0 Å². The van der Waals surface area contributed by atoms with Crippen LogP contribution in [0.1, 0.15) is 55.7 Å². The standard InChI is InChI=1S/C18H28O/c1-4-15-7-9-17(10-8-15)18(19)12-16-6-5-13(2)14(3)11-16/h5-6,11,15,17-19H,4,7-10,12H2,1-3H3. The molecule has 1 fully saturated rings. The molecule has 1 N–H and O–H groups in total. The maximum atomic E-state index is 10.4. The lowest BCUT2D eigenvalue weighted by atomic mass is 9.77. The molecule has 1 heteroatoms. The second-order valence-corrected chi connectivity index (χ2v) is 6.38. The summed E-state index contributed by atoms with van der Waals surface area (Å²) in [7, 11) is 0. The third-order valence-corrected chi connectivity index (χ3v) is 5.03. The Morgan fingerprint density at radius 1 is 1.11 bits per heavy atom. The first kappa shape index (κ1) is 14.6. The summed E-state index contributed by atoms with van der Waals surface area (Å²) in [5.41, 5.74) is 3.95. The van der Waals surface area contributed by atoms with Gasteiger partial charge < -0.3 is 5.11 Å². The predicted molar refractivity (Wildman–Crippen MR) is 81.4 cm³/mol. The van der Waals surface area contributed by atoms with Crippen molar-refractivity contribution in [1.29, 1.82) is 0 Å². The molecule has 0 aliphatic heterocycles. The Hall–Kier alpha value is -0.820. The van der Waals surface area contributed by atoms with Crippen LogP contribution in [-0.2, 0) is 6.42 Å². The zero-order valence-corrected chi connectivity index (χ0v) is 12.7. The van der Waals surface area contributed by atoms with Gasteiger partial charge >= 0.3 is 0 Å². The van der Waals surface area contributed by atoms with E-state index < -0.39 is 0 Å². The summed E-state index contributed by atoms with van der Waals surface area (Å²) in [6, 6.07) is 6.57. The summed E-state index contributed by atoms with van der Waals surface area (Å²) in [4.78, 5) is 0. The highest BCUT2D eigenvalue weighted by atomic mass is 16.3. The van der Waals surface area contributed by atoms with Gasteiger partial charge in [-0.3, -0.25) is 0 Å². The van der Waals surface area contributed by atoms with E-state index in [2.05, 4.69) is 39.0 Å². The monoisotopic (exact) mass is 260 g/mol. The maximum Gasteiger partial charge on any atom is 0.0608 e. The lowest BCUT2D eigenvalue weighted by Crippen LogP contribution is -2.27. The van der Waals surface area contributed by atoms with Gasteiger partial charge in [0.15, 0.2) is 0 Å². The van der Waals surface area contributed by atoms with E-state index in [1.807, 2.05) is 0 Å². The van der Waals surface area contributed by atoms with Crippen LogP contribution in [-0.4, -0.2) is 11.2 Å². The molecule has 1 aliphatic carbocycles. The third kappa shape index (κ3) is 3.82. The van der Waals surface area contributed by atoms with Gasteiger partial charge in [0.25, 0.3) is 0 Å². The number of rotatable bonds is 4. The van der Waals surface area contributed by atoms with Crippen molar-refractivity contribution in [2.24, 2.45) is 11.8 Å². The van der Waals surface area contributed by atoms with Crippen molar-refractivity contribution in [1.82, 2.24) is 0 Å². The quantitative estimate of drug-likeness (QED) is 0.849.